The number of hydrogen-bond acceptors (Lipinski definition) is 4. The molecule has 3 rings (SSSR count). The summed E-state index contributed by atoms with van der Waals surface area (Å²) in [6.07, 6.45) is 3.79. The highest BCUT2D eigenvalue weighted by molar-refractivity contribution is 5.66. The first-order valence-corrected chi connectivity index (χ1v) is 9.30. The van der Waals surface area contributed by atoms with E-state index in [1.807, 2.05) is 4.68 Å². The second kappa shape index (κ2) is 8.36. The van der Waals surface area contributed by atoms with E-state index in [-0.39, 0.29) is 12.1 Å². The van der Waals surface area contributed by atoms with Crippen LogP contribution in [0.15, 0.2) is 30.3 Å². The molecule has 6 heteroatoms. The maximum Gasteiger partial charge on any atom is 0.406 e. The Morgan fingerprint density at radius 2 is 2.08 bits per heavy atom. The Kier molecular flexibility index (Phi) is 5.93. The minimum Gasteiger partial charge on any atom is -0.453 e. The zero-order valence-electron chi connectivity index (χ0n) is 15.8. The van der Waals surface area contributed by atoms with Gasteiger partial charge in [0, 0.05) is 24.3 Å². The molecule has 1 aliphatic rings. The molecule has 2 aromatic rings. The molecule has 1 heterocycles. The van der Waals surface area contributed by atoms with Crippen molar-refractivity contribution in [1.82, 2.24) is 20.4 Å². The molecule has 0 unspecified atom stereocenters. The lowest BCUT2D eigenvalue weighted by Crippen LogP contribution is -2.24. The zero-order valence-corrected chi connectivity index (χ0v) is 15.8. The minimum atomic E-state index is -0.389. The summed E-state index contributed by atoms with van der Waals surface area (Å²) in [5, 5.41) is 11.2. The van der Waals surface area contributed by atoms with Crippen LogP contribution in [0.4, 0.5) is 4.79 Å². The van der Waals surface area contributed by atoms with Crippen LogP contribution < -0.4 is 10.6 Å². The Bertz CT molecular complexity index is 735. The molecule has 0 saturated heterocycles. The van der Waals surface area contributed by atoms with Gasteiger partial charge in [-0.1, -0.05) is 17.7 Å². The van der Waals surface area contributed by atoms with Gasteiger partial charge in [0.15, 0.2) is 0 Å². The molecule has 1 atom stereocenters. The van der Waals surface area contributed by atoms with E-state index < -0.39 is 0 Å². The Hall–Kier alpha value is -2.34. The van der Waals surface area contributed by atoms with Crippen LogP contribution in [-0.4, -0.2) is 35.6 Å². The van der Waals surface area contributed by atoms with Crippen molar-refractivity contribution in [2.45, 2.75) is 51.6 Å². The van der Waals surface area contributed by atoms with Gasteiger partial charge in [-0.05, 0) is 57.7 Å². The smallest absolute Gasteiger partial charge is 0.406 e. The predicted octanol–water partition coefficient (Wildman–Crippen LogP) is 3.28. The Morgan fingerprint density at radius 1 is 1.35 bits per heavy atom. The number of carbonyl (C=O) groups is 1. The average Bonchev–Trinajstić information content (AvgIpc) is 3.35. The van der Waals surface area contributed by atoms with Crippen molar-refractivity contribution in [2.75, 3.05) is 13.7 Å². The molecule has 0 aliphatic heterocycles. The maximum atomic E-state index is 11.2. The number of aryl methyl sites for hydroxylation is 2. The van der Waals surface area contributed by atoms with Gasteiger partial charge in [-0.2, -0.15) is 5.10 Å². The van der Waals surface area contributed by atoms with Gasteiger partial charge in [-0.15, -0.1) is 0 Å². The number of alkyl carbamates (subject to hydrolysis) is 1. The fourth-order valence-corrected chi connectivity index (χ4v) is 2.96. The topological polar surface area (TPSA) is 68.2 Å². The Labute approximate surface area is 154 Å². The molecular weight excluding hydrogens is 328 g/mol. The summed E-state index contributed by atoms with van der Waals surface area (Å²) >= 11 is 0. The quantitative estimate of drug-likeness (QED) is 0.712. The largest absolute Gasteiger partial charge is 0.453 e. The molecule has 2 N–H and O–H groups in total. The Morgan fingerprint density at radius 3 is 2.73 bits per heavy atom. The molecule has 0 radical (unpaired) electrons. The number of rotatable bonds is 8. The Balaban J connectivity index is 1.74. The first kappa shape index (κ1) is 18.5. The number of amides is 1. The highest BCUT2D eigenvalue weighted by Gasteiger charge is 2.25. The van der Waals surface area contributed by atoms with E-state index in [1.54, 1.807) is 0 Å². The lowest BCUT2D eigenvalue weighted by molar-refractivity contribution is 0.171. The van der Waals surface area contributed by atoms with Crippen LogP contribution in [0.2, 0.25) is 0 Å². The van der Waals surface area contributed by atoms with Crippen molar-refractivity contribution >= 4 is 6.09 Å². The normalized spacial score (nSPS) is 14.9. The standard InChI is InChI=1S/C20H28N4O2/c1-14-6-10-17(11-7-14)24-18(5-4-12-21-20(25)26-3)13-19(23-24)15(2)22-16-8-9-16/h6-7,10-11,13,15-16,22H,4-5,8-9,12H2,1-3H3,(H,21,25)/t15-/m1/s1. The van der Waals surface area contributed by atoms with Gasteiger partial charge in [0.05, 0.1) is 18.5 Å². The molecule has 26 heavy (non-hydrogen) atoms. The number of aromatic nitrogens is 2. The number of carbonyl (C=O) groups excluding carboxylic acids is 1. The van der Waals surface area contributed by atoms with E-state index in [1.165, 1.54) is 25.5 Å². The number of nitrogens with zero attached hydrogens (tertiary/aromatic N) is 2. The van der Waals surface area contributed by atoms with Crippen molar-refractivity contribution in [3.63, 3.8) is 0 Å². The van der Waals surface area contributed by atoms with E-state index in [9.17, 15) is 4.79 Å². The maximum absolute atomic E-state index is 11.2. The van der Waals surface area contributed by atoms with Crippen LogP contribution in [0.3, 0.4) is 0 Å². The van der Waals surface area contributed by atoms with Gasteiger partial charge in [0.1, 0.15) is 0 Å². The molecule has 1 aromatic heterocycles. The summed E-state index contributed by atoms with van der Waals surface area (Å²) in [7, 11) is 1.38. The van der Waals surface area contributed by atoms with E-state index in [4.69, 9.17) is 5.10 Å². The lowest BCUT2D eigenvalue weighted by atomic mass is 10.1. The SMILES string of the molecule is COC(=O)NCCCc1cc([C@@H](C)NC2CC2)nn1-c1ccc(C)cc1. The van der Waals surface area contributed by atoms with Crippen LogP contribution in [0.5, 0.6) is 0 Å². The number of hydrogen-bond donors (Lipinski definition) is 2. The van der Waals surface area contributed by atoms with E-state index >= 15 is 0 Å². The number of benzene rings is 1. The first-order valence-electron chi connectivity index (χ1n) is 9.30. The monoisotopic (exact) mass is 356 g/mol. The van der Waals surface area contributed by atoms with Crippen LogP contribution >= 0.6 is 0 Å². The van der Waals surface area contributed by atoms with Crippen molar-refractivity contribution in [3.8, 4) is 5.69 Å². The molecule has 6 nitrogen and oxygen atoms in total. The summed E-state index contributed by atoms with van der Waals surface area (Å²) in [6, 6.07) is 11.5. The van der Waals surface area contributed by atoms with Crippen molar-refractivity contribution < 1.29 is 9.53 Å². The lowest BCUT2D eigenvalue weighted by Gasteiger charge is -2.10. The average molecular weight is 356 g/mol. The molecule has 1 aliphatic carbocycles. The molecule has 0 spiro atoms. The van der Waals surface area contributed by atoms with Crippen LogP contribution in [0.25, 0.3) is 5.69 Å². The zero-order chi connectivity index (χ0) is 18.5. The van der Waals surface area contributed by atoms with Gasteiger partial charge in [-0.25, -0.2) is 9.48 Å². The van der Waals surface area contributed by atoms with E-state index in [0.29, 0.717) is 12.6 Å². The summed E-state index contributed by atoms with van der Waals surface area (Å²) in [5.74, 6) is 0. The van der Waals surface area contributed by atoms with Gasteiger partial charge in [-0.3, -0.25) is 0 Å². The third kappa shape index (κ3) is 4.85. The van der Waals surface area contributed by atoms with Crippen LogP contribution in [0.1, 0.15) is 49.2 Å². The highest BCUT2D eigenvalue weighted by Crippen LogP contribution is 2.25. The third-order valence-corrected chi connectivity index (χ3v) is 4.65. The minimum absolute atomic E-state index is 0.237. The fourth-order valence-electron chi connectivity index (χ4n) is 2.96. The molecule has 140 valence electrons. The molecule has 1 fully saturated rings. The summed E-state index contributed by atoms with van der Waals surface area (Å²) in [6.45, 7) is 4.83. The highest BCUT2D eigenvalue weighted by atomic mass is 16.5. The van der Waals surface area contributed by atoms with Crippen molar-refractivity contribution in [1.29, 1.82) is 0 Å². The predicted molar refractivity (Wildman–Crippen MR) is 102 cm³/mol. The van der Waals surface area contributed by atoms with Crippen LogP contribution in [-0.2, 0) is 11.2 Å². The first-order chi connectivity index (χ1) is 12.6. The van der Waals surface area contributed by atoms with Gasteiger partial charge >= 0.3 is 6.09 Å². The fraction of sp³-hybridized carbons (Fsp3) is 0.500. The van der Waals surface area contributed by atoms with Gasteiger partial charge in [0.25, 0.3) is 0 Å². The second-order valence-corrected chi connectivity index (χ2v) is 6.99. The summed E-state index contributed by atoms with van der Waals surface area (Å²) < 4.78 is 6.64. The van der Waals surface area contributed by atoms with Crippen molar-refractivity contribution in [3.05, 3.63) is 47.3 Å². The molecule has 1 amide bonds. The van der Waals surface area contributed by atoms with E-state index in [0.717, 1.165) is 29.9 Å². The number of nitrogens with one attached hydrogen (secondary N) is 2. The van der Waals surface area contributed by atoms with E-state index in [2.05, 4.69) is 59.5 Å². The summed E-state index contributed by atoms with van der Waals surface area (Å²) in [5.41, 5.74) is 4.51. The third-order valence-electron chi connectivity index (χ3n) is 4.65. The molecule has 1 saturated carbocycles. The number of methoxy groups -OCH3 is 1. The summed E-state index contributed by atoms with van der Waals surface area (Å²) in [4.78, 5) is 11.2. The van der Waals surface area contributed by atoms with Gasteiger partial charge < -0.3 is 15.4 Å². The second-order valence-electron chi connectivity index (χ2n) is 6.99. The molecular formula is C20H28N4O2. The van der Waals surface area contributed by atoms with Gasteiger partial charge in [0.2, 0.25) is 0 Å². The molecule has 0 bridgehead atoms. The van der Waals surface area contributed by atoms with Crippen LogP contribution in [0, 0.1) is 6.92 Å². The van der Waals surface area contributed by atoms with Crippen molar-refractivity contribution in [2.24, 2.45) is 0 Å². The number of ether oxygens (including phenoxy) is 1. The molecule has 1 aromatic carbocycles.